The number of benzene rings is 1. The Morgan fingerprint density at radius 1 is 1.28 bits per heavy atom. The average molecular weight is 445 g/mol. The molecule has 1 aromatic heterocycles. The van der Waals surface area contributed by atoms with Crippen LogP contribution in [-0.2, 0) is 17.8 Å². The summed E-state index contributed by atoms with van der Waals surface area (Å²) in [7, 11) is 0. The topological polar surface area (TPSA) is 101 Å². The van der Waals surface area contributed by atoms with Crippen molar-refractivity contribution in [1.82, 2.24) is 14.8 Å². The van der Waals surface area contributed by atoms with E-state index in [4.69, 9.17) is 4.74 Å². The van der Waals surface area contributed by atoms with Gasteiger partial charge in [-0.2, -0.15) is 0 Å². The normalized spacial score (nSPS) is 26.0. The third-order valence-corrected chi connectivity index (χ3v) is 6.56. The lowest BCUT2D eigenvalue weighted by Gasteiger charge is -2.44. The van der Waals surface area contributed by atoms with Crippen molar-refractivity contribution < 1.29 is 28.2 Å². The molecule has 0 spiro atoms. The van der Waals surface area contributed by atoms with Gasteiger partial charge in [-0.05, 0) is 24.8 Å². The van der Waals surface area contributed by atoms with Crippen molar-refractivity contribution in [3.63, 3.8) is 0 Å². The average Bonchev–Trinajstić information content (AvgIpc) is 3.03. The predicted octanol–water partition coefficient (Wildman–Crippen LogP) is 1.74. The molecule has 2 aliphatic heterocycles. The van der Waals surface area contributed by atoms with Gasteiger partial charge < -0.3 is 24.6 Å². The van der Waals surface area contributed by atoms with Crippen molar-refractivity contribution in [2.24, 2.45) is 5.92 Å². The third kappa shape index (κ3) is 3.17. The van der Waals surface area contributed by atoms with E-state index in [2.05, 4.69) is 12.2 Å². The highest BCUT2D eigenvalue weighted by molar-refractivity contribution is 5.99. The molecule has 2 aromatic rings. The number of aromatic hydroxyl groups is 1. The van der Waals surface area contributed by atoms with Crippen LogP contribution < -0.4 is 10.7 Å². The minimum Gasteiger partial charge on any atom is -0.503 e. The van der Waals surface area contributed by atoms with Crippen LogP contribution in [0, 0.1) is 17.6 Å². The zero-order valence-corrected chi connectivity index (χ0v) is 17.2. The highest BCUT2D eigenvalue weighted by Crippen LogP contribution is 2.41. The van der Waals surface area contributed by atoms with Gasteiger partial charge in [-0.3, -0.25) is 14.4 Å². The Hall–Kier alpha value is -3.27. The van der Waals surface area contributed by atoms with Gasteiger partial charge in [0.25, 0.3) is 11.8 Å². The molecule has 2 fully saturated rings. The molecule has 1 saturated heterocycles. The van der Waals surface area contributed by atoms with Gasteiger partial charge in [0, 0.05) is 30.4 Å². The van der Waals surface area contributed by atoms with Gasteiger partial charge in [0.05, 0.1) is 12.6 Å². The van der Waals surface area contributed by atoms with Crippen LogP contribution in [0.15, 0.2) is 29.2 Å². The Kier molecular flexibility index (Phi) is 4.77. The molecular formula is C22H21F2N3O5. The first-order chi connectivity index (χ1) is 15.2. The quantitative estimate of drug-likeness (QED) is 0.750. The first kappa shape index (κ1) is 20.6. The van der Waals surface area contributed by atoms with Crippen molar-refractivity contribution in [1.29, 1.82) is 0 Å². The molecule has 3 heterocycles. The highest BCUT2D eigenvalue weighted by Gasteiger charge is 2.50. The lowest BCUT2D eigenvalue weighted by atomic mass is 10.1. The number of halogens is 2. The van der Waals surface area contributed by atoms with Crippen molar-refractivity contribution in [2.45, 2.75) is 51.2 Å². The number of carbonyl (C=O) groups is 2. The number of pyridine rings is 1. The van der Waals surface area contributed by atoms with Crippen LogP contribution in [0.4, 0.5) is 8.78 Å². The molecule has 8 nitrogen and oxygen atoms in total. The van der Waals surface area contributed by atoms with Crippen LogP contribution in [-0.4, -0.2) is 44.8 Å². The molecule has 2 bridgehead atoms. The molecule has 4 atom stereocenters. The Balaban J connectivity index is 1.43. The van der Waals surface area contributed by atoms with Crippen LogP contribution in [0.25, 0.3) is 0 Å². The number of aromatic nitrogens is 1. The van der Waals surface area contributed by atoms with Gasteiger partial charge in [0.15, 0.2) is 17.7 Å². The minimum atomic E-state index is -0.990. The zero-order valence-electron chi connectivity index (χ0n) is 17.2. The Labute approximate surface area is 181 Å². The van der Waals surface area contributed by atoms with E-state index >= 15 is 0 Å². The zero-order chi connectivity index (χ0) is 22.7. The second kappa shape index (κ2) is 7.40. The van der Waals surface area contributed by atoms with E-state index in [1.165, 1.54) is 16.8 Å². The fourth-order valence-corrected chi connectivity index (χ4v) is 4.93. The fourth-order valence-electron chi connectivity index (χ4n) is 4.93. The standard InChI is InChI=1S/C22H21F2N3O5/c1-10-4-13-6-16(10)32-17-9-26-8-14(19(28)20(29)18(26)22(31)27(13)17)21(30)25-7-11-2-3-12(23)5-15(11)24/h2-3,5,8,10,13,16-17,29H,4,6-7,9H2,1H3,(H,25,30)/t10-,13+,16+,17-/m1/s1. The molecule has 1 saturated carbocycles. The smallest absolute Gasteiger partial charge is 0.276 e. The maximum Gasteiger partial charge on any atom is 0.276 e. The van der Waals surface area contributed by atoms with E-state index in [0.717, 1.165) is 18.9 Å². The largest absolute Gasteiger partial charge is 0.503 e. The van der Waals surface area contributed by atoms with Crippen molar-refractivity contribution in [3.8, 4) is 5.75 Å². The Morgan fingerprint density at radius 3 is 2.81 bits per heavy atom. The van der Waals surface area contributed by atoms with Crippen LogP contribution in [0.5, 0.6) is 5.75 Å². The van der Waals surface area contributed by atoms with Gasteiger partial charge in [-0.25, -0.2) is 8.78 Å². The summed E-state index contributed by atoms with van der Waals surface area (Å²) < 4.78 is 34.3. The van der Waals surface area contributed by atoms with Crippen LogP contribution in [0.1, 0.15) is 46.2 Å². The van der Waals surface area contributed by atoms with Crippen LogP contribution in [0.3, 0.4) is 0 Å². The molecule has 3 aliphatic rings. The third-order valence-electron chi connectivity index (χ3n) is 6.56. The number of hydrogen-bond acceptors (Lipinski definition) is 5. The lowest BCUT2D eigenvalue weighted by Crippen LogP contribution is -2.57. The van der Waals surface area contributed by atoms with Crippen molar-refractivity contribution in [3.05, 3.63) is 63.1 Å². The van der Waals surface area contributed by atoms with E-state index in [0.29, 0.717) is 12.0 Å². The second-order valence-corrected chi connectivity index (χ2v) is 8.58. The summed E-state index contributed by atoms with van der Waals surface area (Å²) in [6.45, 7) is 1.95. The van der Waals surface area contributed by atoms with Gasteiger partial charge in [0.2, 0.25) is 5.43 Å². The van der Waals surface area contributed by atoms with E-state index in [9.17, 15) is 28.3 Å². The second-order valence-electron chi connectivity index (χ2n) is 8.58. The molecule has 0 radical (unpaired) electrons. The molecular weight excluding hydrogens is 424 g/mol. The number of hydrogen-bond donors (Lipinski definition) is 2. The van der Waals surface area contributed by atoms with Crippen molar-refractivity contribution >= 4 is 11.8 Å². The molecule has 2 N–H and O–H groups in total. The Morgan fingerprint density at radius 2 is 2.06 bits per heavy atom. The number of fused-ring (bicyclic) bond motifs is 5. The molecule has 2 amide bonds. The van der Waals surface area contributed by atoms with Gasteiger partial charge >= 0.3 is 0 Å². The summed E-state index contributed by atoms with van der Waals surface area (Å²) in [6.07, 6.45) is 2.21. The highest BCUT2D eigenvalue weighted by atomic mass is 19.1. The number of rotatable bonds is 3. The monoisotopic (exact) mass is 445 g/mol. The molecule has 0 unspecified atom stereocenters. The van der Waals surface area contributed by atoms with Crippen molar-refractivity contribution in [2.75, 3.05) is 0 Å². The SMILES string of the molecule is C[C@@H]1C[C@H]2C[C@@H]1O[C@@H]1Cn3cc(C(=O)NCc4ccc(F)cc4F)c(=O)c(O)c3C(=O)N21. The van der Waals surface area contributed by atoms with E-state index in [1.807, 2.05) is 0 Å². The number of nitrogens with zero attached hydrogens (tertiary/aromatic N) is 2. The van der Waals surface area contributed by atoms with Gasteiger partial charge in [-0.15, -0.1) is 0 Å². The lowest BCUT2D eigenvalue weighted by molar-refractivity contribution is -0.138. The molecule has 5 rings (SSSR count). The number of ether oxygens (including phenoxy) is 1. The summed E-state index contributed by atoms with van der Waals surface area (Å²) in [5.74, 6) is -3.45. The van der Waals surface area contributed by atoms with E-state index in [1.54, 1.807) is 4.90 Å². The first-order valence-corrected chi connectivity index (χ1v) is 10.4. The maximum atomic E-state index is 13.8. The number of nitrogens with one attached hydrogen (secondary N) is 1. The molecule has 1 aliphatic carbocycles. The number of carbonyl (C=O) groups excluding carboxylic acids is 2. The summed E-state index contributed by atoms with van der Waals surface area (Å²) in [4.78, 5) is 40.0. The molecule has 10 heteroatoms. The fraction of sp³-hybridized carbons (Fsp3) is 0.409. The predicted molar refractivity (Wildman–Crippen MR) is 107 cm³/mol. The first-order valence-electron chi connectivity index (χ1n) is 10.4. The van der Waals surface area contributed by atoms with Crippen LogP contribution >= 0.6 is 0 Å². The Bertz CT molecular complexity index is 1190. The molecule has 1 aromatic carbocycles. The van der Waals surface area contributed by atoms with Gasteiger partial charge in [-0.1, -0.05) is 13.0 Å². The number of amides is 2. The summed E-state index contributed by atoms with van der Waals surface area (Å²) in [6, 6.07) is 2.92. The van der Waals surface area contributed by atoms with E-state index in [-0.39, 0.29) is 42.1 Å². The summed E-state index contributed by atoms with van der Waals surface area (Å²) >= 11 is 0. The molecule has 32 heavy (non-hydrogen) atoms. The van der Waals surface area contributed by atoms with Crippen LogP contribution in [0.2, 0.25) is 0 Å². The summed E-state index contributed by atoms with van der Waals surface area (Å²) in [5.41, 5.74) is -1.51. The molecule has 168 valence electrons. The maximum absolute atomic E-state index is 13.8. The minimum absolute atomic E-state index is 0.0157. The van der Waals surface area contributed by atoms with E-state index < -0.39 is 40.9 Å². The summed E-state index contributed by atoms with van der Waals surface area (Å²) in [5, 5.41) is 12.9. The van der Waals surface area contributed by atoms with Gasteiger partial charge in [0.1, 0.15) is 17.2 Å².